The molecule has 4 heteroatoms. The van der Waals surface area contributed by atoms with E-state index in [1.807, 2.05) is 32.0 Å². The minimum Gasteiger partial charge on any atom is -1.00 e. The number of pyridine rings is 1. The third-order valence-electron chi connectivity index (χ3n) is 3.63. The quantitative estimate of drug-likeness (QED) is 0.780. The number of hydrogen-bond acceptors (Lipinski definition) is 2. The number of halogens is 2. The first-order valence-corrected chi connectivity index (χ1v) is 7.32. The molecule has 0 bridgehead atoms. The molecule has 0 fully saturated rings. The van der Waals surface area contributed by atoms with Crippen LogP contribution in [0, 0.1) is 20.8 Å². The zero-order chi connectivity index (χ0) is 15.0. The van der Waals surface area contributed by atoms with Crippen molar-refractivity contribution in [2.45, 2.75) is 20.8 Å². The summed E-state index contributed by atoms with van der Waals surface area (Å²) in [6.45, 7) is 6.12. The highest BCUT2D eigenvalue weighted by molar-refractivity contribution is 6.31. The molecule has 0 saturated heterocycles. The molecule has 0 spiro atoms. The molecule has 1 N–H and O–H groups in total. The molecule has 0 unspecified atom stereocenters. The molecule has 0 amide bonds. The predicted molar refractivity (Wildman–Crippen MR) is 90.7 cm³/mol. The van der Waals surface area contributed by atoms with Gasteiger partial charge in [-0.1, -0.05) is 29.3 Å². The predicted octanol–water partition coefficient (Wildman–Crippen LogP) is 2.56. The van der Waals surface area contributed by atoms with Gasteiger partial charge in [0.05, 0.1) is 5.52 Å². The first kappa shape index (κ1) is 16.6. The Hall–Kier alpha value is -1.77. The molecule has 1 aromatic heterocycles. The maximum absolute atomic E-state index is 6.20. The van der Waals surface area contributed by atoms with Crippen LogP contribution in [0.3, 0.4) is 0 Å². The number of aromatic nitrogens is 1. The van der Waals surface area contributed by atoms with E-state index in [2.05, 4.69) is 41.5 Å². The molecular formula is C18H17Cl2N2-. The molecule has 0 aliphatic heterocycles. The van der Waals surface area contributed by atoms with Crippen molar-refractivity contribution < 1.29 is 12.4 Å². The maximum atomic E-state index is 6.20. The molecule has 2 nitrogen and oxygen atoms in total. The zero-order valence-electron chi connectivity index (χ0n) is 12.7. The molecule has 3 rings (SSSR count). The summed E-state index contributed by atoms with van der Waals surface area (Å²) in [7, 11) is 0. The van der Waals surface area contributed by atoms with E-state index in [1.165, 1.54) is 5.56 Å². The number of nitrogens with one attached hydrogen (secondary N) is 1. The third kappa shape index (κ3) is 3.18. The van der Waals surface area contributed by atoms with Crippen LogP contribution in [0.5, 0.6) is 0 Å². The van der Waals surface area contributed by atoms with Crippen molar-refractivity contribution >= 4 is 33.9 Å². The Morgan fingerprint density at radius 3 is 2.50 bits per heavy atom. The summed E-state index contributed by atoms with van der Waals surface area (Å²) >= 11 is 6.20. The Morgan fingerprint density at radius 2 is 1.73 bits per heavy atom. The van der Waals surface area contributed by atoms with Crippen molar-refractivity contribution in [1.82, 2.24) is 4.98 Å². The van der Waals surface area contributed by atoms with Gasteiger partial charge < -0.3 is 17.7 Å². The molecule has 3 aromatic rings. The van der Waals surface area contributed by atoms with E-state index in [0.29, 0.717) is 0 Å². The molecular weight excluding hydrogens is 315 g/mol. The van der Waals surface area contributed by atoms with E-state index >= 15 is 0 Å². The lowest BCUT2D eigenvalue weighted by Crippen LogP contribution is -3.00. The number of nitrogens with zero attached hydrogens (tertiary/aromatic N) is 1. The summed E-state index contributed by atoms with van der Waals surface area (Å²) in [6.07, 6.45) is 0. The highest BCUT2D eigenvalue weighted by atomic mass is 35.5. The van der Waals surface area contributed by atoms with Crippen LogP contribution < -0.4 is 17.7 Å². The monoisotopic (exact) mass is 331 g/mol. The smallest absolute Gasteiger partial charge is 0.0726 e. The second-order valence-corrected chi connectivity index (χ2v) is 5.78. The molecule has 114 valence electrons. The summed E-state index contributed by atoms with van der Waals surface area (Å²) in [4.78, 5) is 4.59. The topological polar surface area (TPSA) is 24.9 Å². The van der Waals surface area contributed by atoms with Crippen LogP contribution in [0.4, 0.5) is 11.4 Å². The van der Waals surface area contributed by atoms with Crippen molar-refractivity contribution in [3.63, 3.8) is 0 Å². The van der Waals surface area contributed by atoms with E-state index < -0.39 is 0 Å². The molecule has 0 atom stereocenters. The van der Waals surface area contributed by atoms with E-state index in [9.17, 15) is 0 Å². The van der Waals surface area contributed by atoms with Gasteiger partial charge in [-0.05, 0) is 56.7 Å². The van der Waals surface area contributed by atoms with Crippen LogP contribution in [0.1, 0.15) is 16.8 Å². The average molecular weight is 332 g/mol. The van der Waals surface area contributed by atoms with Crippen molar-refractivity contribution in [3.05, 3.63) is 64.3 Å². The van der Waals surface area contributed by atoms with Crippen molar-refractivity contribution in [2.75, 3.05) is 5.32 Å². The first-order chi connectivity index (χ1) is 10.0. The van der Waals surface area contributed by atoms with Crippen LogP contribution >= 0.6 is 11.6 Å². The standard InChI is InChI=1S/C18H17ClN2.ClH/c1-11-7-8-17-14(9-11)18(10-12(2)20-17)21-16-6-4-5-15(19)13(16)3;/h4-10H,1-3H3,(H,20,21);1H/p-1. The number of benzene rings is 2. The van der Waals surface area contributed by atoms with Crippen LogP contribution in [-0.2, 0) is 0 Å². The zero-order valence-corrected chi connectivity index (χ0v) is 14.3. The second-order valence-electron chi connectivity index (χ2n) is 5.37. The Morgan fingerprint density at radius 1 is 0.955 bits per heavy atom. The highest BCUT2D eigenvalue weighted by Crippen LogP contribution is 2.30. The van der Waals surface area contributed by atoms with Crippen molar-refractivity contribution in [3.8, 4) is 0 Å². The largest absolute Gasteiger partial charge is 1.00 e. The second kappa shape index (κ2) is 6.55. The SMILES string of the molecule is Cc1ccc2nc(C)cc(Nc3cccc(Cl)c3C)c2c1.[Cl-]. The molecule has 22 heavy (non-hydrogen) atoms. The van der Waals surface area contributed by atoms with Gasteiger partial charge in [0.15, 0.2) is 0 Å². The number of rotatable bonds is 2. The fourth-order valence-corrected chi connectivity index (χ4v) is 2.64. The lowest BCUT2D eigenvalue weighted by molar-refractivity contribution is -0.00000435. The first-order valence-electron chi connectivity index (χ1n) is 6.95. The Balaban J connectivity index is 0.00000176. The summed E-state index contributed by atoms with van der Waals surface area (Å²) in [5.41, 5.74) is 6.35. The van der Waals surface area contributed by atoms with E-state index in [4.69, 9.17) is 11.6 Å². The van der Waals surface area contributed by atoms with Gasteiger partial charge in [-0.2, -0.15) is 0 Å². The van der Waals surface area contributed by atoms with Gasteiger partial charge in [-0.15, -0.1) is 0 Å². The van der Waals surface area contributed by atoms with Crippen LogP contribution in [0.2, 0.25) is 5.02 Å². The number of hydrogen-bond donors (Lipinski definition) is 1. The van der Waals surface area contributed by atoms with Gasteiger partial charge in [0, 0.05) is 27.5 Å². The van der Waals surface area contributed by atoms with E-state index in [-0.39, 0.29) is 12.4 Å². The van der Waals surface area contributed by atoms with Gasteiger partial charge in [-0.3, -0.25) is 4.98 Å². The third-order valence-corrected chi connectivity index (χ3v) is 4.04. The van der Waals surface area contributed by atoms with Crippen LogP contribution in [-0.4, -0.2) is 4.98 Å². The number of fused-ring (bicyclic) bond motifs is 1. The normalized spacial score (nSPS) is 10.4. The van der Waals surface area contributed by atoms with Gasteiger partial charge in [0.1, 0.15) is 0 Å². The van der Waals surface area contributed by atoms with Crippen LogP contribution in [0.15, 0.2) is 42.5 Å². The summed E-state index contributed by atoms with van der Waals surface area (Å²) in [5.74, 6) is 0. The molecule has 0 aliphatic carbocycles. The Bertz CT molecular complexity index is 829. The maximum Gasteiger partial charge on any atom is 0.0726 e. The fraction of sp³-hybridized carbons (Fsp3) is 0.167. The highest BCUT2D eigenvalue weighted by Gasteiger charge is 2.07. The van der Waals surface area contributed by atoms with E-state index in [0.717, 1.165) is 38.6 Å². The minimum atomic E-state index is 0. The average Bonchev–Trinajstić information content (AvgIpc) is 2.44. The summed E-state index contributed by atoms with van der Waals surface area (Å²) in [6, 6.07) is 14.3. The van der Waals surface area contributed by atoms with Gasteiger partial charge >= 0.3 is 0 Å². The molecule has 0 aliphatic rings. The lowest BCUT2D eigenvalue weighted by Gasteiger charge is -2.14. The molecule has 1 heterocycles. The van der Waals surface area contributed by atoms with Crippen LogP contribution in [0.25, 0.3) is 10.9 Å². The molecule has 0 saturated carbocycles. The van der Waals surface area contributed by atoms with E-state index in [1.54, 1.807) is 0 Å². The van der Waals surface area contributed by atoms with Gasteiger partial charge in [0.25, 0.3) is 0 Å². The number of aryl methyl sites for hydroxylation is 2. The summed E-state index contributed by atoms with van der Waals surface area (Å²) in [5, 5.41) is 5.39. The minimum absolute atomic E-state index is 0. The van der Waals surface area contributed by atoms with Crippen molar-refractivity contribution in [1.29, 1.82) is 0 Å². The Labute approximate surface area is 141 Å². The van der Waals surface area contributed by atoms with Gasteiger partial charge in [-0.25, -0.2) is 0 Å². The number of anilines is 2. The van der Waals surface area contributed by atoms with Crippen molar-refractivity contribution in [2.24, 2.45) is 0 Å². The molecule has 0 radical (unpaired) electrons. The fourth-order valence-electron chi connectivity index (χ4n) is 2.46. The summed E-state index contributed by atoms with van der Waals surface area (Å²) < 4.78 is 0. The van der Waals surface area contributed by atoms with Gasteiger partial charge in [0.2, 0.25) is 0 Å². The Kier molecular flexibility index (Phi) is 4.94. The molecule has 2 aromatic carbocycles. The lowest BCUT2D eigenvalue weighted by atomic mass is 10.1.